The van der Waals surface area contributed by atoms with Gasteiger partial charge in [0.2, 0.25) is 5.91 Å². The van der Waals surface area contributed by atoms with E-state index >= 15 is 0 Å². The maximum atomic E-state index is 13.0. The number of rotatable bonds is 3. The third-order valence-corrected chi connectivity index (χ3v) is 3.62. The van der Waals surface area contributed by atoms with Crippen LogP contribution in [0.1, 0.15) is 31.2 Å². The number of halogens is 2. The first-order valence-corrected chi connectivity index (χ1v) is 6.99. The van der Waals surface area contributed by atoms with Crippen molar-refractivity contribution in [1.29, 1.82) is 0 Å². The average molecular weight is 285 g/mol. The molecule has 0 aliphatic carbocycles. The van der Waals surface area contributed by atoms with Crippen molar-refractivity contribution in [2.45, 2.75) is 38.3 Å². The van der Waals surface area contributed by atoms with Crippen LogP contribution in [0.25, 0.3) is 0 Å². The molecule has 19 heavy (non-hydrogen) atoms. The van der Waals surface area contributed by atoms with Crippen molar-refractivity contribution < 1.29 is 9.18 Å². The van der Waals surface area contributed by atoms with E-state index in [0.717, 1.165) is 31.4 Å². The lowest BCUT2D eigenvalue weighted by Crippen LogP contribution is -2.43. The van der Waals surface area contributed by atoms with Gasteiger partial charge in [-0.1, -0.05) is 30.5 Å². The molecule has 0 radical (unpaired) electrons. The van der Waals surface area contributed by atoms with Gasteiger partial charge in [0.25, 0.3) is 0 Å². The third-order valence-electron chi connectivity index (χ3n) is 3.33. The molecular formula is C14H18ClFN2O. The van der Waals surface area contributed by atoms with Crippen LogP contribution in [0.2, 0.25) is 5.02 Å². The molecule has 1 heterocycles. The highest BCUT2D eigenvalue weighted by molar-refractivity contribution is 6.30. The van der Waals surface area contributed by atoms with Crippen molar-refractivity contribution in [1.82, 2.24) is 10.6 Å². The first-order chi connectivity index (χ1) is 9.16. The van der Waals surface area contributed by atoms with Crippen molar-refractivity contribution in [3.8, 4) is 0 Å². The van der Waals surface area contributed by atoms with E-state index in [9.17, 15) is 9.18 Å². The van der Waals surface area contributed by atoms with E-state index in [4.69, 9.17) is 11.6 Å². The Bertz CT molecular complexity index is 445. The van der Waals surface area contributed by atoms with Gasteiger partial charge in [-0.3, -0.25) is 4.79 Å². The van der Waals surface area contributed by atoms with Crippen LogP contribution in [-0.4, -0.2) is 18.5 Å². The van der Waals surface area contributed by atoms with E-state index in [-0.39, 0.29) is 17.0 Å². The largest absolute Gasteiger partial charge is 0.351 e. The summed E-state index contributed by atoms with van der Waals surface area (Å²) in [7, 11) is 0. The van der Waals surface area contributed by atoms with Gasteiger partial charge in [-0.25, -0.2) is 4.39 Å². The maximum absolute atomic E-state index is 13.0. The Labute approximate surface area is 117 Å². The van der Waals surface area contributed by atoms with Crippen LogP contribution in [0.4, 0.5) is 4.39 Å². The molecule has 1 aliphatic rings. The highest BCUT2D eigenvalue weighted by Crippen LogP contribution is 2.16. The fourth-order valence-corrected chi connectivity index (χ4v) is 2.42. The highest BCUT2D eigenvalue weighted by Gasteiger charge is 2.18. The molecule has 3 nitrogen and oxygen atoms in total. The third kappa shape index (κ3) is 4.18. The highest BCUT2D eigenvalue weighted by atomic mass is 35.5. The monoisotopic (exact) mass is 284 g/mol. The molecule has 0 spiro atoms. The van der Waals surface area contributed by atoms with Gasteiger partial charge in [-0.2, -0.15) is 0 Å². The van der Waals surface area contributed by atoms with Crippen molar-refractivity contribution in [2.75, 3.05) is 6.54 Å². The first kappa shape index (κ1) is 14.3. The fourth-order valence-electron chi connectivity index (χ4n) is 2.21. The van der Waals surface area contributed by atoms with Gasteiger partial charge < -0.3 is 10.6 Å². The number of nitrogens with one attached hydrogen (secondary N) is 2. The zero-order valence-corrected chi connectivity index (χ0v) is 11.5. The molecule has 1 aromatic carbocycles. The lowest BCUT2D eigenvalue weighted by atomic mass is 10.1. The van der Waals surface area contributed by atoms with Gasteiger partial charge in [-0.15, -0.1) is 0 Å². The minimum Gasteiger partial charge on any atom is -0.351 e. The number of amides is 1. The Morgan fingerprint density at radius 3 is 3.05 bits per heavy atom. The van der Waals surface area contributed by atoms with Crippen LogP contribution in [0.5, 0.6) is 0 Å². The Morgan fingerprint density at radius 2 is 2.26 bits per heavy atom. The predicted molar refractivity (Wildman–Crippen MR) is 73.5 cm³/mol. The van der Waals surface area contributed by atoms with E-state index in [1.807, 2.05) is 0 Å². The fraction of sp³-hybridized carbons (Fsp3) is 0.500. The summed E-state index contributed by atoms with van der Waals surface area (Å²) in [5.74, 6) is -0.440. The summed E-state index contributed by atoms with van der Waals surface area (Å²) in [5.41, 5.74) is 0.799. The Kier molecular flexibility index (Phi) is 5.16. The number of carbonyl (C=O) groups excluding carboxylic acids is 1. The molecule has 1 amide bonds. The summed E-state index contributed by atoms with van der Waals surface area (Å²) >= 11 is 5.70. The molecule has 1 aliphatic heterocycles. The van der Waals surface area contributed by atoms with Crippen LogP contribution >= 0.6 is 11.6 Å². The van der Waals surface area contributed by atoms with E-state index < -0.39 is 5.82 Å². The standard InChI is InChI=1S/C14H18ClFN2O/c15-11-8-10(5-6-12(11)16)9-18-14(19)13-4-2-1-3-7-17-13/h5-6,8,13,17H,1-4,7,9H2,(H,18,19). The quantitative estimate of drug-likeness (QED) is 0.896. The van der Waals surface area contributed by atoms with Crippen molar-refractivity contribution in [2.24, 2.45) is 0 Å². The second-order valence-electron chi connectivity index (χ2n) is 4.82. The van der Waals surface area contributed by atoms with E-state index in [2.05, 4.69) is 10.6 Å². The number of benzene rings is 1. The molecular weight excluding hydrogens is 267 g/mol. The van der Waals surface area contributed by atoms with Crippen molar-refractivity contribution in [3.05, 3.63) is 34.6 Å². The Balaban J connectivity index is 1.86. The topological polar surface area (TPSA) is 41.1 Å². The predicted octanol–water partition coefficient (Wildman–Crippen LogP) is 2.63. The maximum Gasteiger partial charge on any atom is 0.237 e. The van der Waals surface area contributed by atoms with E-state index in [1.54, 1.807) is 6.07 Å². The van der Waals surface area contributed by atoms with E-state index in [1.165, 1.54) is 18.6 Å². The van der Waals surface area contributed by atoms with Crippen LogP contribution < -0.4 is 10.6 Å². The molecule has 2 N–H and O–H groups in total. The summed E-state index contributed by atoms with van der Waals surface area (Å²) in [6, 6.07) is 4.37. The summed E-state index contributed by atoms with van der Waals surface area (Å²) in [6.07, 6.45) is 4.24. The SMILES string of the molecule is O=C(NCc1ccc(F)c(Cl)c1)C1CCCCCN1. The second kappa shape index (κ2) is 6.87. The number of carbonyl (C=O) groups is 1. The first-order valence-electron chi connectivity index (χ1n) is 6.62. The minimum atomic E-state index is -0.442. The molecule has 0 bridgehead atoms. The summed E-state index contributed by atoms with van der Waals surface area (Å²) in [6.45, 7) is 1.26. The molecule has 2 rings (SSSR count). The Hall–Kier alpha value is -1.13. The van der Waals surface area contributed by atoms with Gasteiger partial charge in [0.15, 0.2) is 0 Å². The zero-order valence-electron chi connectivity index (χ0n) is 10.7. The summed E-state index contributed by atoms with van der Waals surface area (Å²) in [4.78, 5) is 12.0. The van der Waals surface area contributed by atoms with Crippen LogP contribution in [-0.2, 0) is 11.3 Å². The van der Waals surface area contributed by atoms with Gasteiger partial charge in [0.05, 0.1) is 11.1 Å². The van der Waals surface area contributed by atoms with Crippen LogP contribution in [0.3, 0.4) is 0 Å². The zero-order chi connectivity index (χ0) is 13.7. The van der Waals surface area contributed by atoms with Gasteiger partial charge in [0.1, 0.15) is 5.82 Å². The number of hydrogen-bond acceptors (Lipinski definition) is 2. The molecule has 0 aromatic heterocycles. The summed E-state index contributed by atoms with van der Waals surface area (Å²) < 4.78 is 13.0. The molecule has 1 saturated heterocycles. The molecule has 1 atom stereocenters. The van der Waals surface area contributed by atoms with Gasteiger partial charge >= 0.3 is 0 Å². The average Bonchev–Trinajstić information content (AvgIpc) is 2.69. The Morgan fingerprint density at radius 1 is 1.42 bits per heavy atom. The van der Waals surface area contributed by atoms with E-state index in [0.29, 0.717) is 6.54 Å². The minimum absolute atomic E-state index is 0.00217. The van der Waals surface area contributed by atoms with Crippen molar-refractivity contribution in [3.63, 3.8) is 0 Å². The molecule has 1 fully saturated rings. The van der Waals surface area contributed by atoms with Gasteiger partial charge in [-0.05, 0) is 37.1 Å². The smallest absolute Gasteiger partial charge is 0.237 e. The van der Waals surface area contributed by atoms with Crippen molar-refractivity contribution >= 4 is 17.5 Å². The van der Waals surface area contributed by atoms with Gasteiger partial charge in [0, 0.05) is 6.54 Å². The number of hydrogen-bond donors (Lipinski definition) is 2. The molecule has 5 heteroatoms. The molecule has 104 valence electrons. The summed E-state index contributed by atoms with van der Waals surface area (Å²) in [5, 5.41) is 6.18. The van der Waals surface area contributed by atoms with Crippen LogP contribution in [0.15, 0.2) is 18.2 Å². The van der Waals surface area contributed by atoms with Crippen LogP contribution in [0, 0.1) is 5.82 Å². The molecule has 1 unspecified atom stereocenters. The second-order valence-corrected chi connectivity index (χ2v) is 5.23. The lowest BCUT2D eigenvalue weighted by molar-refractivity contribution is -0.123. The molecule has 1 aromatic rings. The lowest BCUT2D eigenvalue weighted by Gasteiger charge is -2.15. The molecule has 0 saturated carbocycles. The normalized spacial score (nSPS) is 19.8.